The Balaban J connectivity index is 1.64. The number of para-hydroxylation sites is 2. The first-order chi connectivity index (χ1) is 12.8. The van der Waals surface area contributed by atoms with Crippen LogP contribution in [0.15, 0.2) is 65.8 Å². The average Bonchev–Trinajstić information content (AvgIpc) is 2.69. The molecular weight excluding hydrogens is 324 g/mol. The van der Waals surface area contributed by atoms with Crippen LogP contribution in [0.1, 0.15) is 18.1 Å². The number of benzene rings is 2. The molecule has 1 aromatic heterocycles. The molecule has 0 radical (unpaired) electrons. The van der Waals surface area contributed by atoms with Gasteiger partial charge in [0.2, 0.25) is 0 Å². The van der Waals surface area contributed by atoms with E-state index >= 15 is 0 Å². The van der Waals surface area contributed by atoms with Crippen molar-refractivity contribution >= 4 is 16.9 Å². The molecule has 2 N–H and O–H groups in total. The van der Waals surface area contributed by atoms with E-state index in [1.807, 2.05) is 37.4 Å². The highest BCUT2D eigenvalue weighted by molar-refractivity contribution is 5.83. The summed E-state index contributed by atoms with van der Waals surface area (Å²) < 4.78 is 5.67. The number of hydrogen-bond donors (Lipinski definition) is 2. The van der Waals surface area contributed by atoms with Crippen LogP contribution in [0, 0.1) is 0 Å². The van der Waals surface area contributed by atoms with Gasteiger partial charge >= 0.3 is 0 Å². The predicted octanol–water partition coefficient (Wildman–Crippen LogP) is 3.50. The Hall–Kier alpha value is -3.08. The van der Waals surface area contributed by atoms with Gasteiger partial charge in [0, 0.05) is 37.3 Å². The van der Waals surface area contributed by atoms with Crippen LogP contribution in [0.4, 0.5) is 0 Å². The van der Waals surface area contributed by atoms with Gasteiger partial charge in [-0.05, 0) is 24.6 Å². The van der Waals surface area contributed by atoms with E-state index < -0.39 is 0 Å². The Morgan fingerprint density at radius 2 is 1.69 bits per heavy atom. The fraction of sp³-hybridized carbons (Fsp3) is 0.238. The lowest BCUT2D eigenvalue weighted by Crippen LogP contribution is -2.36. The highest BCUT2D eigenvalue weighted by Gasteiger charge is 2.06. The van der Waals surface area contributed by atoms with Crippen molar-refractivity contribution in [2.24, 2.45) is 4.99 Å². The summed E-state index contributed by atoms with van der Waals surface area (Å²) in [5.41, 5.74) is 3.25. The molecular formula is C21H24N4O. The van der Waals surface area contributed by atoms with Gasteiger partial charge in [-0.2, -0.15) is 0 Å². The molecule has 0 unspecified atom stereocenters. The van der Waals surface area contributed by atoms with Gasteiger partial charge in [0.25, 0.3) is 0 Å². The lowest BCUT2D eigenvalue weighted by atomic mass is 10.1. The van der Waals surface area contributed by atoms with Crippen LogP contribution in [0.2, 0.25) is 0 Å². The summed E-state index contributed by atoms with van der Waals surface area (Å²) in [6.07, 6.45) is 1.82. The Kier molecular flexibility index (Phi) is 6.04. The molecule has 0 saturated carbocycles. The van der Waals surface area contributed by atoms with Crippen molar-refractivity contribution in [2.45, 2.75) is 20.0 Å². The molecule has 3 aromatic rings. The summed E-state index contributed by atoms with van der Waals surface area (Å²) in [5.74, 6) is 1.64. The third-order valence-corrected chi connectivity index (χ3v) is 4.10. The Morgan fingerprint density at radius 3 is 2.50 bits per heavy atom. The van der Waals surface area contributed by atoms with E-state index in [2.05, 4.69) is 50.9 Å². The normalized spacial score (nSPS) is 11.4. The number of nitrogens with one attached hydrogen (secondary N) is 2. The lowest BCUT2D eigenvalue weighted by Gasteiger charge is -2.15. The minimum absolute atomic E-state index is 0.642. The summed E-state index contributed by atoms with van der Waals surface area (Å²) in [6, 6.07) is 18.3. The van der Waals surface area contributed by atoms with Crippen LogP contribution in [0.5, 0.6) is 5.75 Å². The van der Waals surface area contributed by atoms with Crippen LogP contribution >= 0.6 is 0 Å². The second-order valence-corrected chi connectivity index (χ2v) is 5.81. The number of rotatable bonds is 6. The molecule has 0 aliphatic carbocycles. The third kappa shape index (κ3) is 4.30. The van der Waals surface area contributed by atoms with Gasteiger partial charge in [-0.15, -0.1) is 0 Å². The van der Waals surface area contributed by atoms with Crippen molar-refractivity contribution in [3.8, 4) is 5.75 Å². The molecule has 26 heavy (non-hydrogen) atoms. The molecule has 0 atom stereocenters. The van der Waals surface area contributed by atoms with Gasteiger partial charge in [-0.3, -0.25) is 9.98 Å². The van der Waals surface area contributed by atoms with Crippen LogP contribution in [0.25, 0.3) is 10.9 Å². The fourth-order valence-electron chi connectivity index (χ4n) is 2.83. The molecule has 0 fully saturated rings. The largest absolute Gasteiger partial charge is 0.494 e. The van der Waals surface area contributed by atoms with E-state index in [1.165, 1.54) is 0 Å². The number of fused-ring (bicyclic) bond motifs is 1. The van der Waals surface area contributed by atoms with Gasteiger partial charge in [-0.1, -0.05) is 42.5 Å². The number of aromatic nitrogens is 1. The van der Waals surface area contributed by atoms with Gasteiger partial charge < -0.3 is 15.4 Å². The van der Waals surface area contributed by atoms with Crippen LogP contribution in [-0.2, 0) is 13.1 Å². The number of aliphatic imine (C=N–C) groups is 1. The summed E-state index contributed by atoms with van der Waals surface area (Å²) in [4.78, 5) is 8.80. The molecule has 0 aliphatic rings. The van der Waals surface area contributed by atoms with Crippen LogP contribution < -0.4 is 15.4 Å². The van der Waals surface area contributed by atoms with E-state index in [9.17, 15) is 0 Å². The fourth-order valence-corrected chi connectivity index (χ4v) is 2.83. The minimum atomic E-state index is 0.642. The molecule has 0 amide bonds. The lowest BCUT2D eigenvalue weighted by molar-refractivity contribution is 0.336. The summed E-state index contributed by atoms with van der Waals surface area (Å²) >= 11 is 0. The van der Waals surface area contributed by atoms with Crippen molar-refractivity contribution in [3.63, 3.8) is 0 Å². The van der Waals surface area contributed by atoms with Crippen molar-refractivity contribution in [3.05, 3.63) is 71.9 Å². The summed E-state index contributed by atoms with van der Waals surface area (Å²) in [7, 11) is 1.77. The summed E-state index contributed by atoms with van der Waals surface area (Å²) in [5, 5.41) is 7.84. The van der Waals surface area contributed by atoms with E-state index in [-0.39, 0.29) is 0 Å². The standard InChI is InChI=1S/C21H24N4O/c1-3-26-19-12-5-4-8-17(19)14-24-21(22-2)25-15-18-10-6-9-16-11-7-13-23-20(16)18/h4-13H,3,14-15H2,1-2H3,(H2,22,24,25). The number of nitrogens with zero attached hydrogens (tertiary/aromatic N) is 2. The van der Waals surface area contributed by atoms with E-state index in [0.717, 1.165) is 33.7 Å². The monoisotopic (exact) mass is 348 g/mol. The van der Waals surface area contributed by atoms with Crippen LogP contribution in [0.3, 0.4) is 0 Å². The molecule has 0 bridgehead atoms. The van der Waals surface area contributed by atoms with Gasteiger partial charge in [0.05, 0.1) is 12.1 Å². The van der Waals surface area contributed by atoms with Crippen LogP contribution in [-0.4, -0.2) is 24.6 Å². The molecule has 0 saturated heterocycles. The third-order valence-electron chi connectivity index (χ3n) is 4.10. The van der Waals surface area contributed by atoms with Crippen molar-refractivity contribution in [1.29, 1.82) is 0 Å². The van der Waals surface area contributed by atoms with E-state index in [0.29, 0.717) is 19.7 Å². The zero-order valence-electron chi connectivity index (χ0n) is 15.2. The summed E-state index contributed by atoms with van der Waals surface area (Å²) in [6.45, 7) is 3.94. The van der Waals surface area contributed by atoms with E-state index in [4.69, 9.17) is 4.74 Å². The molecule has 2 aromatic carbocycles. The zero-order chi connectivity index (χ0) is 18.2. The highest BCUT2D eigenvalue weighted by atomic mass is 16.5. The first kappa shape index (κ1) is 17.7. The van der Waals surface area contributed by atoms with Gasteiger partial charge in [0.15, 0.2) is 5.96 Å². The Bertz CT molecular complexity index is 887. The Morgan fingerprint density at radius 1 is 0.962 bits per heavy atom. The van der Waals surface area contributed by atoms with Crippen molar-refractivity contribution in [1.82, 2.24) is 15.6 Å². The smallest absolute Gasteiger partial charge is 0.191 e. The molecule has 1 heterocycles. The topological polar surface area (TPSA) is 58.5 Å². The van der Waals surface area contributed by atoms with Gasteiger partial charge in [0.1, 0.15) is 5.75 Å². The second kappa shape index (κ2) is 8.85. The number of ether oxygens (including phenoxy) is 1. The average molecular weight is 348 g/mol. The maximum absolute atomic E-state index is 5.67. The quantitative estimate of drug-likeness (QED) is 0.529. The highest BCUT2D eigenvalue weighted by Crippen LogP contribution is 2.18. The van der Waals surface area contributed by atoms with Crippen molar-refractivity contribution < 1.29 is 4.74 Å². The molecule has 0 spiro atoms. The maximum atomic E-state index is 5.67. The molecule has 3 rings (SSSR count). The molecule has 0 aliphatic heterocycles. The Labute approximate surface area is 154 Å². The van der Waals surface area contributed by atoms with E-state index in [1.54, 1.807) is 7.05 Å². The SMILES string of the molecule is CCOc1ccccc1CNC(=NC)NCc1cccc2cccnc12. The first-order valence-corrected chi connectivity index (χ1v) is 8.79. The molecule has 5 nitrogen and oxygen atoms in total. The molecule has 5 heteroatoms. The minimum Gasteiger partial charge on any atom is -0.494 e. The number of pyridine rings is 1. The van der Waals surface area contributed by atoms with Crippen molar-refractivity contribution in [2.75, 3.05) is 13.7 Å². The second-order valence-electron chi connectivity index (χ2n) is 5.81. The number of hydrogen-bond acceptors (Lipinski definition) is 3. The van der Waals surface area contributed by atoms with Gasteiger partial charge in [-0.25, -0.2) is 0 Å². The maximum Gasteiger partial charge on any atom is 0.191 e. The first-order valence-electron chi connectivity index (χ1n) is 8.79. The zero-order valence-corrected chi connectivity index (χ0v) is 15.2. The predicted molar refractivity (Wildman–Crippen MR) is 106 cm³/mol. The molecule has 134 valence electrons. The number of guanidine groups is 1.